The van der Waals surface area contributed by atoms with Crippen molar-refractivity contribution in [3.8, 4) is 0 Å². The lowest BCUT2D eigenvalue weighted by Crippen LogP contribution is -2.49. The van der Waals surface area contributed by atoms with Crippen molar-refractivity contribution < 1.29 is 9.90 Å². The van der Waals surface area contributed by atoms with E-state index in [2.05, 4.69) is 20.8 Å². The van der Waals surface area contributed by atoms with Crippen molar-refractivity contribution in [2.75, 3.05) is 26.2 Å². The molecule has 0 bridgehead atoms. The van der Waals surface area contributed by atoms with E-state index in [0.29, 0.717) is 6.04 Å². The molecule has 2 aliphatic rings. The number of likely N-dealkylation sites (tertiary alicyclic amines) is 2. The Morgan fingerprint density at radius 1 is 1.04 bits per heavy atom. The van der Waals surface area contributed by atoms with E-state index in [1.807, 2.05) is 30.9 Å². The van der Waals surface area contributed by atoms with E-state index in [4.69, 9.17) is 0 Å². The lowest BCUT2D eigenvalue weighted by molar-refractivity contribution is 0.0356. The monoisotopic (exact) mass is 394 g/mol. The summed E-state index contributed by atoms with van der Waals surface area (Å²) in [6.45, 7) is 7.66. The van der Waals surface area contributed by atoms with Crippen LogP contribution < -0.4 is 0 Å². The second-order valence-electron chi connectivity index (χ2n) is 7.21. The van der Waals surface area contributed by atoms with Gasteiger partial charge in [0.1, 0.15) is 0 Å². The second-order valence-corrected chi connectivity index (χ2v) is 8.12. The summed E-state index contributed by atoms with van der Waals surface area (Å²) in [5.74, 6) is 0.171. The van der Waals surface area contributed by atoms with E-state index < -0.39 is 0 Å². The molecular formula is C19H27BrN2O2. The largest absolute Gasteiger partial charge is 0.393 e. The molecule has 1 N–H and O–H groups in total. The van der Waals surface area contributed by atoms with Gasteiger partial charge in [0.15, 0.2) is 0 Å². The van der Waals surface area contributed by atoms with Crippen molar-refractivity contribution in [2.24, 2.45) is 0 Å². The minimum absolute atomic E-state index is 0.119. The number of amides is 1. The summed E-state index contributed by atoms with van der Waals surface area (Å²) in [7, 11) is 0. The van der Waals surface area contributed by atoms with Gasteiger partial charge in [-0.15, -0.1) is 0 Å². The average Bonchev–Trinajstić information content (AvgIpc) is 2.54. The van der Waals surface area contributed by atoms with Crippen LogP contribution in [-0.2, 0) is 0 Å². The van der Waals surface area contributed by atoms with Crippen LogP contribution in [0.15, 0.2) is 16.6 Å². The number of aliphatic hydroxyl groups is 1. The molecule has 2 aliphatic heterocycles. The van der Waals surface area contributed by atoms with Gasteiger partial charge in [0.05, 0.1) is 6.10 Å². The first-order valence-electron chi connectivity index (χ1n) is 8.94. The molecule has 2 saturated heterocycles. The fourth-order valence-corrected chi connectivity index (χ4v) is 4.78. The fourth-order valence-electron chi connectivity index (χ4n) is 4.09. The van der Waals surface area contributed by atoms with Gasteiger partial charge in [-0.05, 0) is 62.8 Å². The molecule has 0 atom stereocenters. The molecule has 0 aliphatic carbocycles. The molecule has 0 radical (unpaired) electrons. The Balaban J connectivity index is 1.61. The van der Waals surface area contributed by atoms with Crippen LogP contribution in [0.1, 0.15) is 47.2 Å². The molecule has 1 aromatic carbocycles. The Morgan fingerprint density at radius 2 is 1.58 bits per heavy atom. The summed E-state index contributed by atoms with van der Waals surface area (Å²) >= 11 is 3.50. The molecule has 0 saturated carbocycles. The number of halogens is 1. The highest BCUT2D eigenvalue weighted by atomic mass is 79.9. The standard InChI is InChI=1S/C19H27BrN2O2/c1-13-11-15(20)12-14(2)18(13)19(24)22-7-3-16(4-8-22)21-9-5-17(23)6-10-21/h11-12,16-17,23H,3-10H2,1-2H3. The fraction of sp³-hybridized carbons (Fsp3) is 0.632. The first kappa shape index (κ1) is 17.9. The van der Waals surface area contributed by atoms with Crippen LogP contribution in [0.5, 0.6) is 0 Å². The Kier molecular flexibility index (Phi) is 5.63. The van der Waals surface area contributed by atoms with E-state index in [1.165, 1.54) is 0 Å². The molecule has 2 heterocycles. The van der Waals surface area contributed by atoms with Gasteiger partial charge in [-0.1, -0.05) is 15.9 Å². The van der Waals surface area contributed by atoms with Gasteiger partial charge in [0, 0.05) is 42.3 Å². The van der Waals surface area contributed by atoms with E-state index >= 15 is 0 Å². The molecular weight excluding hydrogens is 368 g/mol. The molecule has 0 aromatic heterocycles. The maximum absolute atomic E-state index is 12.9. The van der Waals surface area contributed by atoms with E-state index in [0.717, 1.165) is 73.0 Å². The van der Waals surface area contributed by atoms with Crippen LogP contribution in [0, 0.1) is 13.8 Å². The zero-order chi connectivity index (χ0) is 17.3. The third-order valence-corrected chi connectivity index (χ3v) is 5.94. The highest BCUT2D eigenvalue weighted by molar-refractivity contribution is 9.10. The molecule has 1 aromatic rings. The minimum atomic E-state index is -0.119. The summed E-state index contributed by atoms with van der Waals surface area (Å²) in [5.41, 5.74) is 2.94. The highest BCUT2D eigenvalue weighted by Crippen LogP contribution is 2.25. The molecule has 0 spiro atoms. The van der Waals surface area contributed by atoms with Crippen molar-refractivity contribution >= 4 is 21.8 Å². The first-order valence-corrected chi connectivity index (χ1v) is 9.73. The van der Waals surface area contributed by atoms with Crippen LogP contribution in [0.3, 0.4) is 0 Å². The van der Waals surface area contributed by atoms with Gasteiger partial charge in [-0.3, -0.25) is 4.79 Å². The van der Waals surface area contributed by atoms with Crippen molar-refractivity contribution in [2.45, 2.75) is 51.7 Å². The third kappa shape index (κ3) is 3.84. The second kappa shape index (κ2) is 7.54. The maximum atomic E-state index is 12.9. The SMILES string of the molecule is Cc1cc(Br)cc(C)c1C(=O)N1CCC(N2CCC(O)CC2)CC1. The Morgan fingerprint density at radius 3 is 2.12 bits per heavy atom. The number of nitrogens with zero attached hydrogens (tertiary/aromatic N) is 2. The number of hydrogen-bond acceptors (Lipinski definition) is 3. The van der Waals surface area contributed by atoms with E-state index in [-0.39, 0.29) is 12.0 Å². The smallest absolute Gasteiger partial charge is 0.254 e. The number of aryl methyl sites for hydroxylation is 2. The topological polar surface area (TPSA) is 43.8 Å². The number of rotatable bonds is 2. The minimum Gasteiger partial charge on any atom is -0.393 e. The summed E-state index contributed by atoms with van der Waals surface area (Å²) in [6, 6.07) is 4.60. The predicted octanol–water partition coefficient (Wildman–Crippen LogP) is 3.13. The Labute approximate surface area is 153 Å². The zero-order valence-electron chi connectivity index (χ0n) is 14.6. The van der Waals surface area contributed by atoms with Crippen molar-refractivity contribution in [3.05, 3.63) is 33.3 Å². The van der Waals surface area contributed by atoms with Crippen molar-refractivity contribution in [3.63, 3.8) is 0 Å². The number of benzene rings is 1. The number of piperidine rings is 2. The highest BCUT2D eigenvalue weighted by Gasteiger charge is 2.30. The predicted molar refractivity (Wildman–Crippen MR) is 99.4 cm³/mol. The van der Waals surface area contributed by atoms with Crippen LogP contribution in [-0.4, -0.2) is 59.1 Å². The van der Waals surface area contributed by atoms with Crippen molar-refractivity contribution in [1.82, 2.24) is 9.80 Å². The molecule has 4 nitrogen and oxygen atoms in total. The number of carbonyl (C=O) groups is 1. The summed E-state index contributed by atoms with van der Waals surface area (Å²) in [6.07, 6.45) is 3.73. The number of hydrogen-bond donors (Lipinski definition) is 1. The third-order valence-electron chi connectivity index (χ3n) is 5.48. The Hall–Kier alpha value is -0.910. The molecule has 24 heavy (non-hydrogen) atoms. The van der Waals surface area contributed by atoms with Gasteiger partial charge in [0.2, 0.25) is 0 Å². The van der Waals surface area contributed by atoms with Crippen LogP contribution in [0.4, 0.5) is 0 Å². The quantitative estimate of drug-likeness (QED) is 0.837. The summed E-state index contributed by atoms with van der Waals surface area (Å²) < 4.78 is 1.03. The van der Waals surface area contributed by atoms with Gasteiger partial charge in [-0.25, -0.2) is 0 Å². The lowest BCUT2D eigenvalue weighted by atomic mass is 9.97. The van der Waals surface area contributed by atoms with Gasteiger partial charge in [0.25, 0.3) is 5.91 Å². The van der Waals surface area contributed by atoms with Crippen molar-refractivity contribution in [1.29, 1.82) is 0 Å². The lowest BCUT2D eigenvalue weighted by Gasteiger charge is -2.41. The zero-order valence-corrected chi connectivity index (χ0v) is 16.2. The van der Waals surface area contributed by atoms with Gasteiger partial charge < -0.3 is 14.9 Å². The molecule has 3 rings (SSSR count). The summed E-state index contributed by atoms with van der Waals surface area (Å²) in [5, 5.41) is 9.65. The molecule has 0 unspecified atom stereocenters. The molecule has 1 amide bonds. The van der Waals surface area contributed by atoms with E-state index in [1.54, 1.807) is 0 Å². The average molecular weight is 395 g/mol. The number of carbonyl (C=O) groups excluding carboxylic acids is 1. The molecule has 2 fully saturated rings. The summed E-state index contributed by atoms with van der Waals surface area (Å²) in [4.78, 5) is 17.5. The van der Waals surface area contributed by atoms with Gasteiger partial charge in [-0.2, -0.15) is 0 Å². The first-order chi connectivity index (χ1) is 11.5. The maximum Gasteiger partial charge on any atom is 0.254 e. The van der Waals surface area contributed by atoms with E-state index in [9.17, 15) is 9.90 Å². The van der Waals surface area contributed by atoms with Crippen LogP contribution in [0.2, 0.25) is 0 Å². The molecule has 132 valence electrons. The van der Waals surface area contributed by atoms with Gasteiger partial charge >= 0.3 is 0 Å². The molecule has 5 heteroatoms. The normalized spacial score (nSPS) is 21.2. The van der Waals surface area contributed by atoms with Crippen LogP contribution >= 0.6 is 15.9 Å². The van der Waals surface area contributed by atoms with Crippen LogP contribution in [0.25, 0.3) is 0 Å². The number of aliphatic hydroxyl groups excluding tert-OH is 1. The Bertz CT molecular complexity index is 580.